The van der Waals surface area contributed by atoms with Crippen LogP contribution in [-0.4, -0.2) is 14.5 Å². The van der Waals surface area contributed by atoms with Gasteiger partial charge in [0.1, 0.15) is 0 Å². The number of hydrogen-bond acceptors (Lipinski definition) is 3. The lowest BCUT2D eigenvalue weighted by Crippen LogP contribution is -2.33. The maximum absolute atomic E-state index is 12.1. The Kier molecular flexibility index (Phi) is 2.32. The van der Waals surface area contributed by atoms with Crippen LogP contribution >= 0.6 is 0 Å². The van der Waals surface area contributed by atoms with E-state index < -0.39 is 17.1 Å². The summed E-state index contributed by atoms with van der Waals surface area (Å²) in [5.74, 6) is 0.241. The number of nitrogens with one attached hydrogen (secondary N) is 2. The molecule has 1 aliphatic heterocycles. The van der Waals surface area contributed by atoms with Gasteiger partial charge in [-0.05, 0) is 18.6 Å². The fourth-order valence-electron chi connectivity index (χ4n) is 3.08. The van der Waals surface area contributed by atoms with Gasteiger partial charge >= 0.3 is 11.2 Å². The zero-order valence-corrected chi connectivity index (χ0v) is 11.0. The van der Waals surface area contributed by atoms with Crippen molar-refractivity contribution >= 4 is 11.0 Å². The molecule has 0 fully saturated rings. The minimum absolute atomic E-state index is 0.0542. The van der Waals surface area contributed by atoms with Gasteiger partial charge in [0.05, 0.1) is 13.0 Å². The largest absolute Gasteiger partial charge is 0.857 e. The Morgan fingerprint density at radius 1 is 1.19 bits per heavy atom. The quantitative estimate of drug-likeness (QED) is 0.579. The molecule has 0 saturated heterocycles. The van der Waals surface area contributed by atoms with Crippen LogP contribution in [0.25, 0.3) is 16.7 Å². The Morgan fingerprint density at radius 2 is 2.00 bits per heavy atom. The number of rotatable bonds is 1. The molecule has 3 aromatic rings. The van der Waals surface area contributed by atoms with Crippen LogP contribution in [0.1, 0.15) is 12.2 Å². The first-order valence-electron chi connectivity index (χ1n) is 6.73. The maximum atomic E-state index is 12.1. The van der Waals surface area contributed by atoms with E-state index in [0.717, 1.165) is 36.2 Å². The number of fused-ring (bicyclic) bond motifs is 3. The summed E-state index contributed by atoms with van der Waals surface area (Å²) < 4.78 is 3.78. The smallest absolute Gasteiger partial charge is 0.325 e. The van der Waals surface area contributed by atoms with Crippen molar-refractivity contribution in [2.24, 2.45) is 0 Å². The molecule has 106 valence electrons. The van der Waals surface area contributed by atoms with Crippen LogP contribution in [0.3, 0.4) is 0 Å². The highest BCUT2D eigenvalue weighted by molar-refractivity contribution is 5.75. The first kappa shape index (κ1) is 12.0. The first-order valence-corrected chi connectivity index (χ1v) is 6.73. The summed E-state index contributed by atoms with van der Waals surface area (Å²) in [6.45, 7) is 0.859. The zero-order chi connectivity index (χ0) is 14.6. The standard InChI is InChI=1S/C14H12N4O3/c19-12-11(13(20)16-14(21)15-12)18-9-5-2-1-4-8(9)17-7-3-6-10(17)18/h1-2,4-5H,3,6-7H2,(H2-,15,16,19,20,21). The van der Waals surface area contributed by atoms with E-state index in [2.05, 4.69) is 14.5 Å². The number of para-hydroxylation sites is 2. The molecule has 0 unspecified atom stereocenters. The Labute approximate surface area is 118 Å². The highest BCUT2D eigenvalue weighted by atomic mass is 16.3. The average Bonchev–Trinajstić information content (AvgIpc) is 3.00. The van der Waals surface area contributed by atoms with E-state index >= 15 is 0 Å². The van der Waals surface area contributed by atoms with Crippen LogP contribution < -0.4 is 20.9 Å². The van der Waals surface area contributed by atoms with Crippen molar-refractivity contribution in [1.82, 2.24) is 14.5 Å². The highest BCUT2D eigenvalue weighted by Crippen LogP contribution is 2.24. The van der Waals surface area contributed by atoms with Crippen molar-refractivity contribution in [3.05, 3.63) is 50.9 Å². The Bertz CT molecular complexity index is 980. The van der Waals surface area contributed by atoms with Crippen molar-refractivity contribution in [3.63, 3.8) is 0 Å². The van der Waals surface area contributed by atoms with Crippen molar-refractivity contribution in [2.75, 3.05) is 0 Å². The van der Waals surface area contributed by atoms with Crippen LogP contribution in [-0.2, 0) is 13.0 Å². The second-order valence-electron chi connectivity index (χ2n) is 5.08. The SMILES string of the molecule is O=c1[nH]c([O-])c(-n2c3[n+](c4ccccc42)CCC3)c(=O)[nH]1. The van der Waals surface area contributed by atoms with E-state index in [4.69, 9.17) is 0 Å². The molecule has 2 N–H and O–H groups in total. The van der Waals surface area contributed by atoms with Crippen LogP contribution in [0, 0.1) is 0 Å². The third-order valence-corrected chi connectivity index (χ3v) is 3.87. The molecule has 21 heavy (non-hydrogen) atoms. The Balaban J connectivity index is 2.18. The summed E-state index contributed by atoms with van der Waals surface area (Å²) >= 11 is 0. The van der Waals surface area contributed by atoms with Gasteiger partial charge in [0.2, 0.25) is 5.69 Å². The molecule has 0 amide bonds. The molecule has 2 aromatic heterocycles. The maximum Gasteiger partial charge on any atom is 0.325 e. The normalized spacial score (nSPS) is 13.7. The number of aromatic amines is 2. The van der Waals surface area contributed by atoms with E-state index in [-0.39, 0.29) is 5.69 Å². The number of aryl methyl sites for hydroxylation is 1. The summed E-state index contributed by atoms with van der Waals surface area (Å²) in [5, 5.41) is 12.1. The zero-order valence-electron chi connectivity index (χ0n) is 11.0. The van der Waals surface area contributed by atoms with Crippen LogP contribution in [0.4, 0.5) is 0 Å². The third kappa shape index (κ3) is 1.57. The second kappa shape index (κ2) is 4.08. The molecular formula is C14H12N4O3. The van der Waals surface area contributed by atoms with E-state index in [1.54, 1.807) is 4.57 Å². The van der Waals surface area contributed by atoms with Crippen LogP contribution in [0.15, 0.2) is 33.9 Å². The van der Waals surface area contributed by atoms with Gasteiger partial charge in [0.25, 0.3) is 5.82 Å². The predicted octanol–water partition coefficient (Wildman–Crippen LogP) is -0.686. The van der Waals surface area contributed by atoms with E-state index in [9.17, 15) is 14.7 Å². The minimum atomic E-state index is -0.783. The monoisotopic (exact) mass is 284 g/mol. The minimum Gasteiger partial charge on any atom is -0.857 e. The molecule has 1 aliphatic rings. The molecule has 7 heteroatoms. The van der Waals surface area contributed by atoms with Gasteiger partial charge < -0.3 is 10.1 Å². The predicted molar refractivity (Wildman–Crippen MR) is 72.5 cm³/mol. The molecule has 0 atom stereocenters. The third-order valence-electron chi connectivity index (χ3n) is 3.87. The number of nitrogens with zero attached hydrogens (tertiary/aromatic N) is 2. The van der Waals surface area contributed by atoms with Crippen LogP contribution in [0.2, 0.25) is 0 Å². The van der Waals surface area contributed by atoms with Crippen molar-refractivity contribution < 1.29 is 9.67 Å². The van der Waals surface area contributed by atoms with Gasteiger partial charge in [-0.1, -0.05) is 12.1 Å². The summed E-state index contributed by atoms with van der Waals surface area (Å²) in [6.07, 6.45) is 1.75. The highest BCUT2D eigenvalue weighted by Gasteiger charge is 2.31. The second-order valence-corrected chi connectivity index (χ2v) is 5.08. The number of benzene rings is 1. The lowest BCUT2D eigenvalue weighted by molar-refractivity contribution is -0.665. The average molecular weight is 284 g/mol. The van der Waals surface area contributed by atoms with E-state index in [0.29, 0.717) is 0 Å². The summed E-state index contributed by atoms with van der Waals surface area (Å²) in [4.78, 5) is 27.6. The lowest BCUT2D eigenvalue weighted by atomic mass is 10.3. The number of hydrogen-bond donors (Lipinski definition) is 2. The molecule has 0 spiro atoms. The fourth-order valence-corrected chi connectivity index (χ4v) is 3.08. The Morgan fingerprint density at radius 3 is 2.81 bits per heavy atom. The summed E-state index contributed by atoms with van der Waals surface area (Å²) in [6, 6.07) is 7.61. The van der Waals surface area contributed by atoms with E-state index in [1.165, 1.54) is 0 Å². The van der Waals surface area contributed by atoms with Gasteiger partial charge in [-0.25, -0.2) is 9.36 Å². The molecule has 0 saturated carbocycles. The number of H-pyrrole nitrogens is 2. The first-order chi connectivity index (χ1) is 10.2. The number of aromatic nitrogens is 4. The molecular weight excluding hydrogens is 272 g/mol. The molecule has 4 rings (SSSR count). The molecule has 1 aromatic carbocycles. The Hall–Kier alpha value is -2.83. The van der Waals surface area contributed by atoms with E-state index in [1.807, 2.05) is 24.3 Å². The lowest BCUT2D eigenvalue weighted by Gasteiger charge is -2.09. The van der Waals surface area contributed by atoms with Crippen molar-refractivity contribution in [2.45, 2.75) is 19.4 Å². The van der Waals surface area contributed by atoms with Gasteiger partial charge in [0.15, 0.2) is 11.0 Å². The molecule has 0 aliphatic carbocycles. The summed E-state index contributed by atoms with van der Waals surface area (Å²) in [5.41, 5.74) is 0.271. The molecule has 3 heterocycles. The van der Waals surface area contributed by atoms with Gasteiger partial charge in [-0.2, -0.15) is 4.57 Å². The molecule has 0 radical (unpaired) electrons. The van der Waals surface area contributed by atoms with Gasteiger partial charge in [-0.15, -0.1) is 0 Å². The van der Waals surface area contributed by atoms with Crippen molar-refractivity contribution in [1.29, 1.82) is 0 Å². The van der Waals surface area contributed by atoms with Gasteiger partial charge in [0, 0.05) is 5.88 Å². The molecule has 0 bridgehead atoms. The van der Waals surface area contributed by atoms with Gasteiger partial charge in [-0.3, -0.25) is 9.78 Å². The topological polar surface area (TPSA) is 97.6 Å². The fraction of sp³-hybridized carbons (Fsp3) is 0.214. The number of imidazole rings is 1. The molecule has 7 nitrogen and oxygen atoms in total. The van der Waals surface area contributed by atoms with Crippen LogP contribution in [0.5, 0.6) is 5.88 Å². The van der Waals surface area contributed by atoms with Crippen molar-refractivity contribution in [3.8, 4) is 11.6 Å². The summed E-state index contributed by atoms with van der Waals surface area (Å²) in [7, 11) is 0.